The molecule has 1 amide bonds. The topological polar surface area (TPSA) is 115 Å². The summed E-state index contributed by atoms with van der Waals surface area (Å²) in [6.45, 7) is -0.0903. The number of hydrogen-bond donors (Lipinski definition) is 2. The smallest absolute Gasteiger partial charge is 0.406 e. The number of fused-ring (bicyclic) bond motifs is 1. The molecule has 0 fully saturated rings. The molecule has 3 aromatic rings. The maximum absolute atomic E-state index is 12.2. The fourth-order valence-electron chi connectivity index (χ4n) is 2.48. The average Bonchev–Trinajstić information content (AvgIpc) is 3.08. The van der Waals surface area contributed by atoms with Gasteiger partial charge in [0.2, 0.25) is 15.9 Å². The second kappa shape index (κ2) is 8.67. The van der Waals surface area contributed by atoms with Crippen LogP contribution in [-0.2, 0) is 21.4 Å². The van der Waals surface area contributed by atoms with E-state index in [0.717, 1.165) is 24.3 Å². The second-order valence-electron chi connectivity index (χ2n) is 5.99. The summed E-state index contributed by atoms with van der Waals surface area (Å²) in [5.41, 5.74) is 0.626. The van der Waals surface area contributed by atoms with E-state index < -0.39 is 28.0 Å². The summed E-state index contributed by atoms with van der Waals surface area (Å²) in [7, 11) is -4.00. The number of sulfonamides is 1. The Balaban J connectivity index is 1.48. The first-order chi connectivity index (χ1) is 14.1. The Bertz CT molecular complexity index is 1130. The molecule has 0 spiro atoms. The van der Waals surface area contributed by atoms with Crippen LogP contribution in [0.4, 0.5) is 13.2 Å². The van der Waals surface area contributed by atoms with E-state index in [9.17, 15) is 26.4 Å². The van der Waals surface area contributed by atoms with Crippen molar-refractivity contribution in [1.29, 1.82) is 0 Å². The molecular formula is C17H16F3N5O4S. The minimum atomic E-state index is -4.87. The molecule has 0 aliphatic heterocycles. The van der Waals surface area contributed by atoms with E-state index in [2.05, 4.69) is 25.0 Å². The van der Waals surface area contributed by atoms with Gasteiger partial charge in [-0.05, 0) is 36.4 Å². The van der Waals surface area contributed by atoms with Crippen LogP contribution in [0, 0.1) is 0 Å². The van der Waals surface area contributed by atoms with Crippen molar-refractivity contribution in [2.45, 2.75) is 24.2 Å². The molecule has 2 heterocycles. The van der Waals surface area contributed by atoms with Crippen LogP contribution in [0.1, 0.15) is 12.2 Å². The molecule has 9 nitrogen and oxygen atoms in total. The molecule has 2 aromatic heterocycles. The van der Waals surface area contributed by atoms with Crippen LogP contribution < -0.4 is 14.8 Å². The molecule has 3 rings (SSSR count). The lowest BCUT2D eigenvalue weighted by Gasteiger charge is -2.10. The van der Waals surface area contributed by atoms with E-state index in [1.807, 2.05) is 0 Å². The number of benzene rings is 1. The summed E-state index contributed by atoms with van der Waals surface area (Å²) in [6, 6.07) is 9.07. The fraction of sp³-hybridized carbons (Fsp3) is 0.235. The van der Waals surface area contributed by atoms with E-state index in [1.54, 1.807) is 28.8 Å². The van der Waals surface area contributed by atoms with Crippen LogP contribution in [0.5, 0.6) is 5.75 Å². The molecule has 0 saturated heterocycles. The molecule has 0 radical (unpaired) electrons. The van der Waals surface area contributed by atoms with Crippen LogP contribution in [0.15, 0.2) is 53.6 Å². The van der Waals surface area contributed by atoms with Crippen molar-refractivity contribution in [2.24, 2.45) is 0 Å². The number of hydrogen-bond acceptors (Lipinski definition) is 6. The Kier molecular flexibility index (Phi) is 6.22. The SMILES string of the molecule is O=C(CCNS(=O)(=O)c1ccc(OC(F)(F)F)cc1)NCc1nnc2ccccn12. The number of rotatable bonds is 8. The van der Waals surface area contributed by atoms with Gasteiger partial charge >= 0.3 is 6.36 Å². The predicted molar refractivity (Wildman–Crippen MR) is 97.8 cm³/mol. The van der Waals surface area contributed by atoms with Gasteiger partial charge < -0.3 is 10.1 Å². The number of nitrogens with one attached hydrogen (secondary N) is 2. The van der Waals surface area contributed by atoms with E-state index in [4.69, 9.17) is 0 Å². The summed E-state index contributed by atoms with van der Waals surface area (Å²) in [4.78, 5) is 11.7. The molecule has 13 heteroatoms. The van der Waals surface area contributed by atoms with E-state index in [1.165, 1.54) is 0 Å². The molecule has 0 aliphatic rings. The molecule has 0 unspecified atom stereocenters. The Morgan fingerprint density at radius 3 is 2.53 bits per heavy atom. The maximum atomic E-state index is 12.2. The van der Waals surface area contributed by atoms with Crippen molar-refractivity contribution in [1.82, 2.24) is 24.6 Å². The number of carbonyl (C=O) groups is 1. The highest BCUT2D eigenvalue weighted by atomic mass is 32.2. The number of carbonyl (C=O) groups excluding carboxylic acids is 1. The van der Waals surface area contributed by atoms with Crippen molar-refractivity contribution in [3.63, 3.8) is 0 Å². The second-order valence-corrected chi connectivity index (χ2v) is 7.76. The van der Waals surface area contributed by atoms with E-state index >= 15 is 0 Å². The first-order valence-corrected chi connectivity index (χ1v) is 10.0. The largest absolute Gasteiger partial charge is 0.573 e. The number of alkyl halides is 3. The lowest BCUT2D eigenvalue weighted by molar-refractivity contribution is -0.274. The quantitative estimate of drug-likeness (QED) is 0.547. The number of pyridine rings is 1. The predicted octanol–water partition coefficient (Wildman–Crippen LogP) is 1.61. The molecule has 0 bridgehead atoms. The number of halogens is 3. The Morgan fingerprint density at radius 2 is 1.83 bits per heavy atom. The molecule has 2 N–H and O–H groups in total. The van der Waals surface area contributed by atoms with Crippen LogP contribution in [-0.4, -0.2) is 41.8 Å². The van der Waals surface area contributed by atoms with Gasteiger partial charge in [0.05, 0.1) is 11.4 Å². The number of amides is 1. The van der Waals surface area contributed by atoms with Gasteiger partial charge in [0, 0.05) is 19.2 Å². The fourth-order valence-corrected chi connectivity index (χ4v) is 3.51. The Hall–Kier alpha value is -3.19. The highest BCUT2D eigenvalue weighted by Crippen LogP contribution is 2.23. The summed E-state index contributed by atoms with van der Waals surface area (Å²) < 4.78 is 68.4. The summed E-state index contributed by atoms with van der Waals surface area (Å²) in [6.07, 6.45) is -3.27. The van der Waals surface area contributed by atoms with Crippen LogP contribution in [0.2, 0.25) is 0 Å². The Labute approximate surface area is 168 Å². The van der Waals surface area contributed by atoms with Crippen LogP contribution in [0.25, 0.3) is 5.65 Å². The molecule has 30 heavy (non-hydrogen) atoms. The third-order valence-electron chi connectivity index (χ3n) is 3.84. The molecular weight excluding hydrogens is 427 g/mol. The van der Waals surface area contributed by atoms with E-state index in [0.29, 0.717) is 11.5 Å². The summed E-state index contributed by atoms with van der Waals surface area (Å²) >= 11 is 0. The van der Waals surface area contributed by atoms with Gasteiger partial charge in [-0.15, -0.1) is 23.4 Å². The van der Waals surface area contributed by atoms with Crippen LogP contribution in [0.3, 0.4) is 0 Å². The van der Waals surface area contributed by atoms with Gasteiger partial charge in [-0.2, -0.15) is 0 Å². The third kappa shape index (κ3) is 5.67. The summed E-state index contributed by atoms with van der Waals surface area (Å²) in [5.74, 6) is -0.443. The summed E-state index contributed by atoms with van der Waals surface area (Å²) in [5, 5.41) is 10.5. The molecule has 0 saturated carbocycles. The zero-order valence-corrected chi connectivity index (χ0v) is 16.1. The zero-order valence-electron chi connectivity index (χ0n) is 15.3. The number of nitrogens with zero attached hydrogens (tertiary/aromatic N) is 3. The third-order valence-corrected chi connectivity index (χ3v) is 5.32. The van der Waals surface area contributed by atoms with Crippen LogP contribution >= 0.6 is 0 Å². The van der Waals surface area contributed by atoms with Gasteiger partial charge in [0.1, 0.15) is 5.75 Å². The molecule has 0 aliphatic carbocycles. The van der Waals surface area contributed by atoms with Crippen molar-refractivity contribution in [3.05, 3.63) is 54.5 Å². The minimum Gasteiger partial charge on any atom is -0.406 e. The lowest BCUT2D eigenvalue weighted by atomic mass is 10.3. The van der Waals surface area contributed by atoms with Gasteiger partial charge in [0.25, 0.3) is 0 Å². The molecule has 0 atom stereocenters. The highest BCUT2D eigenvalue weighted by molar-refractivity contribution is 7.89. The van der Waals surface area contributed by atoms with Gasteiger partial charge in [-0.3, -0.25) is 9.20 Å². The number of ether oxygens (including phenoxy) is 1. The zero-order chi connectivity index (χ0) is 21.8. The Morgan fingerprint density at radius 1 is 1.10 bits per heavy atom. The highest BCUT2D eigenvalue weighted by Gasteiger charge is 2.31. The van der Waals surface area contributed by atoms with E-state index in [-0.39, 0.29) is 24.4 Å². The van der Waals surface area contributed by atoms with Crippen molar-refractivity contribution in [2.75, 3.05) is 6.54 Å². The van der Waals surface area contributed by atoms with Gasteiger partial charge in [-0.25, -0.2) is 13.1 Å². The normalized spacial score (nSPS) is 12.1. The minimum absolute atomic E-state index is 0.109. The maximum Gasteiger partial charge on any atom is 0.573 e. The monoisotopic (exact) mass is 443 g/mol. The van der Waals surface area contributed by atoms with Gasteiger partial charge in [-0.1, -0.05) is 6.07 Å². The first-order valence-electron chi connectivity index (χ1n) is 8.55. The first kappa shape index (κ1) is 21.5. The van der Waals surface area contributed by atoms with Crippen molar-refractivity contribution in [3.8, 4) is 5.75 Å². The molecule has 160 valence electrons. The lowest BCUT2D eigenvalue weighted by Crippen LogP contribution is -2.31. The standard InChI is InChI=1S/C17H16F3N5O4S/c18-17(19,20)29-12-4-6-13(7-5-12)30(27,28)22-9-8-16(26)21-11-15-24-23-14-3-1-2-10-25(14)15/h1-7,10,22H,8-9,11H2,(H,21,26). The van der Waals surface area contributed by atoms with Gasteiger partial charge in [0.15, 0.2) is 11.5 Å². The molecule has 1 aromatic carbocycles. The number of aromatic nitrogens is 3. The van der Waals surface area contributed by atoms with Crippen molar-refractivity contribution < 1.29 is 31.1 Å². The average molecular weight is 443 g/mol. The van der Waals surface area contributed by atoms with Crippen molar-refractivity contribution >= 4 is 21.6 Å².